The Bertz CT molecular complexity index is 659. The van der Waals surface area contributed by atoms with Crippen molar-refractivity contribution in [3.63, 3.8) is 0 Å². The third-order valence-electron chi connectivity index (χ3n) is 5.51. The first kappa shape index (κ1) is 22.1. The maximum absolute atomic E-state index is 6.09. The summed E-state index contributed by atoms with van der Waals surface area (Å²) in [6.07, 6.45) is 3.59. The first-order valence-electron chi connectivity index (χ1n) is 11.1. The van der Waals surface area contributed by atoms with Gasteiger partial charge in [-0.05, 0) is 51.2 Å². The standard InChI is InChI=1S/C23H37N3O3/c1-4-24-23(25-10-6-12-27-17-20-7-5-13-28-20)26-11-14-29-22(16-26)21-9-8-18(2)15-19(21)3/h8-9,15,20,22H,4-7,10-14,16-17H2,1-3H3,(H,24,25). The van der Waals surface area contributed by atoms with Crippen molar-refractivity contribution in [1.29, 1.82) is 0 Å². The molecule has 3 rings (SSSR count). The first-order valence-corrected chi connectivity index (χ1v) is 11.1. The molecule has 162 valence electrons. The second kappa shape index (κ2) is 11.5. The molecule has 0 spiro atoms. The molecule has 0 radical (unpaired) electrons. The van der Waals surface area contributed by atoms with Gasteiger partial charge in [-0.25, -0.2) is 0 Å². The number of rotatable bonds is 8. The van der Waals surface area contributed by atoms with E-state index in [0.29, 0.717) is 19.3 Å². The Morgan fingerprint density at radius 2 is 2.17 bits per heavy atom. The molecule has 6 nitrogen and oxygen atoms in total. The molecule has 29 heavy (non-hydrogen) atoms. The van der Waals surface area contributed by atoms with Gasteiger partial charge >= 0.3 is 0 Å². The third kappa shape index (κ3) is 6.69. The predicted molar refractivity (Wildman–Crippen MR) is 117 cm³/mol. The van der Waals surface area contributed by atoms with E-state index in [1.165, 1.54) is 16.7 Å². The number of ether oxygens (including phenoxy) is 3. The predicted octanol–water partition coefficient (Wildman–Crippen LogP) is 3.23. The highest BCUT2D eigenvalue weighted by atomic mass is 16.5. The van der Waals surface area contributed by atoms with E-state index in [1.807, 2.05) is 0 Å². The largest absolute Gasteiger partial charge is 0.379 e. The van der Waals surface area contributed by atoms with Gasteiger partial charge in [0.2, 0.25) is 0 Å². The van der Waals surface area contributed by atoms with Crippen molar-refractivity contribution in [3.05, 3.63) is 34.9 Å². The third-order valence-corrected chi connectivity index (χ3v) is 5.51. The fourth-order valence-corrected chi connectivity index (χ4v) is 3.98. The molecule has 1 N–H and O–H groups in total. The SMILES string of the molecule is CCNC(=NCCCOCC1CCCO1)N1CCOC(c2ccc(C)cc2C)C1. The monoisotopic (exact) mass is 403 g/mol. The van der Waals surface area contributed by atoms with Crippen LogP contribution in [0, 0.1) is 13.8 Å². The van der Waals surface area contributed by atoms with Crippen LogP contribution >= 0.6 is 0 Å². The van der Waals surface area contributed by atoms with Crippen LogP contribution in [0.3, 0.4) is 0 Å². The van der Waals surface area contributed by atoms with Gasteiger partial charge in [0.05, 0.1) is 25.9 Å². The lowest BCUT2D eigenvalue weighted by Gasteiger charge is -2.36. The van der Waals surface area contributed by atoms with Crippen molar-refractivity contribution >= 4 is 5.96 Å². The number of aryl methyl sites for hydroxylation is 2. The molecule has 0 bridgehead atoms. The van der Waals surface area contributed by atoms with Crippen LogP contribution in [0.1, 0.15) is 49.0 Å². The number of hydrogen-bond donors (Lipinski definition) is 1. The lowest BCUT2D eigenvalue weighted by atomic mass is 10.00. The van der Waals surface area contributed by atoms with E-state index in [9.17, 15) is 0 Å². The van der Waals surface area contributed by atoms with Gasteiger partial charge < -0.3 is 24.4 Å². The Labute approximate surface area is 175 Å². The van der Waals surface area contributed by atoms with E-state index < -0.39 is 0 Å². The van der Waals surface area contributed by atoms with Gasteiger partial charge in [-0.1, -0.05) is 23.8 Å². The fourth-order valence-electron chi connectivity index (χ4n) is 3.98. The first-order chi connectivity index (χ1) is 14.2. The van der Waals surface area contributed by atoms with Gasteiger partial charge in [0.25, 0.3) is 0 Å². The second-order valence-electron chi connectivity index (χ2n) is 7.96. The molecule has 2 aliphatic rings. The van der Waals surface area contributed by atoms with Gasteiger partial charge in [-0.2, -0.15) is 0 Å². The number of morpholine rings is 1. The van der Waals surface area contributed by atoms with E-state index in [-0.39, 0.29) is 6.10 Å². The summed E-state index contributed by atoms with van der Waals surface area (Å²) in [4.78, 5) is 7.16. The molecular formula is C23H37N3O3. The maximum Gasteiger partial charge on any atom is 0.194 e. The maximum atomic E-state index is 6.09. The lowest BCUT2D eigenvalue weighted by Crippen LogP contribution is -2.48. The molecule has 0 amide bonds. The molecule has 1 aromatic rings. The Hall–Kier alpha value is -1.63. The molecule has 2 saturated heterocycles. The Balaban J connectivity index is 1.49. The number of hydrogen-bond acceptors (Lipinski definition) is 4. The summed E-state index contributed by atoms with van der Waals surface area (Å²) < 4.78 is 17.4. The second-order valence-corrected chi connectivity index (χ2v) is 7.96. The number of nitrogens with one attached hydrogen (secondary N) is 1. The zero-order valence-electron chi connectivity index (χ0n) is 18.3. The van der Waals surface area contributed by atoms with Crippen molar-refractivity contribution in [3.8, 4) is 0 Å². The van der Waals surface area contributed by atoms with Gasteiger partial charge in [0.1, 0.15) is 6.10 Å². The van der Waals surface area contributed by atoms with Crippen molar-refractivity contribution in [2.24, 2.45) is 4.99 Å². The van der Waals surface area contributed by atoms with Crippen molar-refractivity contribution < 1.29 is 14.2 Å². The number of benzene rings is 1. The Morgan fingerprint density at radius 1 is 1.28 bits per heavy atom. The van der Waals surface area contributed by atoms with Crippen molar-refractivity contribution in [2.75, 3.05) is 52.6 Å². The summed E-state index contributed by atoms with van der Waals surface area (Å²) in [7, 11) is 0. The van der Waals surface area contributed by atoms with Crippen LogP contribution in [0.4, 0.5) is 0 Å². The highest BCUT2D eigenvalue weighted by molar-refractivity contribution is 5.80. The van der Waals surface area contributed by atoms with Gasteiger partial charge in [-0.3, -0.25) is 4.99 Å². The summed E-state index contributed by atoms with van der Waals surface area (Å²) in [5, 5.41) is 3.44. The topological polar surface area (TPSA) is 55.3 Å². The van der Waals surface area contributed by atoms with E-state index in [0.717, 1.165) is 64.6 Å². The normalized spacial score (nSPS) is 22.9. The lowest BCUT2D eigenvalue weighted by molar-refractivity contribution is -0.00837. The molecule has 0 aliphatic carbocycles. The molecule has 2 aliphatic heterocycles. The summed E-state index contributed by atoms with van der Waals surface area (Å²) in [5.74, 6) is 0.977. The van der Waals surface area contributed by atoms with E-state index in [2.05, 4.69) is 49.2 Å². The quantitative estimate of drug-likeness (QED) is 0.410. The minimum Gasteiger partial charge on any atom is -0.379 e. The summed E-state index contributed by atoms with van der Waals surface area (Å²) in [6, 6.07) is 6.60. The smallest absolute Gasteiger partial charge is 0.194 e. The van der Waals surface area contributed by atoms with Crippen LogP contribution in [0.2, 0.25) is 0 Å². The number of guanidine groups is 1. The molecule has 2 heterocycles. The molecular weight excluding hydrogens is 366 g/mol. The Morgan fingerprint density at radius 3 is 2.93 bits per heavy atom. The molecule has 0 saturated carbocycles. The minimum absolute atomic E-state index is 0.0861. The van der Waals surface area contributed by atoms with Crippen LogP contribution in [0.25, 0.3) is 0 Å². The van der Waals surface area contributed by atoms with Crippen molar-refractivity contribution in [1.82, 2.24) is 10.2 Å². The molecule has 6 heteroatoms. The van der Waals surface area contributed by atoms with E-state index >= 15 is 0 Å². The molecule has 2 unspecified atom stereocenters. The summed E-state index contributed by atoms with van der Waals surface area (Å²) in [5.41, 5.74) is 3.86. The van der Waals surface area contributed by atoms with Crippen LogP contribution in [0.15, 0.2) is 23.2 Å². The summed E-state index contributed by atoms with van der Waals surface area (Å²) >= 11 is 0. The molecule has 2 fully saturated rings. The van der Waals surface area contributed by atoms with Gasteiger partial charge in [-0.15, -0.1) is 0 Å². The highest BCUT2D eigenvalue weighted by Crippen LogP contribution is 2.26. The molecule has 1 aromatic carbocycles. The highest BCUT2D eigenvalue weighted by Gasteiger charge is 2.25. The van der Waals surface area contributed by atoms with Crippen LogP contribution in [-0.2, 0) is 14.2 Å². The van der Waals surface area contributed by atoms with Crippen molar-refractivity contribution in [2.45, 2.75) is 52.2 Å². The molecule has 0 aromatic heterocycles. The van der Waals surface area contributed by atoms with E-state index in [4.69, 9.17) is 19.2 Å². The van der Waals surface area contributed by atoms with Gasteiger partial charge in [0.15, 0.2) is 5.96 Å². The van der Waals surface area contributed by atoms with Crippen LogP contribution in [0.5, 0.6) is 0 Å². The zero-order valence-corrected chi connectivity index (χ0v) is 18.3. The summed E-state index contributed by atoms with van der Waals surface area (Å²) in [6.45, 7) is 12.8. The minimum atomic E-state index is 0.0861. The number of nitrogens with zero attached hydrogens (tertiary/aromatic N) is 2. The Kier molecular flexibility index (Phi) is 8.77. The average Bonchev–Trinajstić information content (AvgIpc) is 3.23. The zero-order chi connectivity index (χ0) is 20.5. The van der Waals surface area contributed by atoms with E-state index in [1.54, 1.807) is 0 Å². The van der Waals surface area contributed by atoms with Crippen LogP contribution < -0.4 is 5.32 Å². The molecule has 2 atom stereocenters. The fraction of sp³-hybridized carbons (Fsp3) is 0.696. The van der Waals surface area contributed by atoms with Gasteiger partial charge in [0, 0.05) is 32.8 Å². The van der Waals surface area contributed by atoms with Crippen LogP contribution in [-0.4, -0.2) is 69.6 Å². The number of aliphatic imine (C=N–C) groups is 1. The average molecular weight is 404 g/mol.